The van der Waals surface area contributed by atoms with Gasteiger partial charge in [-0.3, -0.25) is 0 Å². The van der Waals surface area contributed by atoms with Crippen molar-refractivity contribution < 1.29 is 0 Å². The van der Waals surface area contributed by atoms with Crippen molar-refractivity contribution in [2.45, 2.75) is 33.1 Å². The first kappa shape index (κ1) is 10.1. The molecule has 1 heteroatoms. The highest BCUT2D eigenvalue weighted by molar-refractivity contribution is 7.99. The summed E-state index contributed by atoms with van der Waals surface area (Å²) in [5.41, 5.74) is 0. The second kappa shape index (κ2) is 9.09. The first-order valence-corrected chi connectivity index (χ1v) is 5.30. The zero-order valence-corrected chi connectivity index (χ0v) is 7.91. The lowest BCUT2D eigenvalue weighted by molar-refractivity contribution is 0.964. The summed E-state index contributed by atoms with van der Waals surface area (Å²) in [6.45, 7) is 4.39. The quantitative estimate of drug-likeness (QED) is 0.421. The van der Waals surface area contributed by atoms with Gasteiger partial charge in [0, 0.05) is 0 Å². The van der Waals surface area contributed by atoms with Crippen LogP contribution in [0.5, 0.6) is 0 Å². The number of unbranched alkanes of at least 4 members (excludes halogenated alkanes) is 1. The Balaban J connectivity index is 2.83. The normalized spacial score (nSPS) is 11.0. The maximum atomic E-state index is 2.29. The number of hydrogen-bond donors (Lipinski definition) is 0. The molecular weight excluding hydrogens is 140 g/mol. The average Bonchev–Trinajstić information content (AvgIpc) is 1.97. The van der Waals surface area contributed by atoms with Crippen LogP contribution in [0.3, 0.4) is 0 Å². The molecule has 0 fully saturated rings. The van der Waals surface area contributed by atoms with Crippen molar-refractivity contribution >= 4 is 11.8 Å². The van der Waals surface area contributed by atoms with Crippen molar-refractivity contribution in [3.8, 4) is 0 Å². The van der Waals surface area contributed by atoms with Gasteiger partial charge in [-0.25, -0.2) is 0 Å². The van der Waals surface area contributed by atoms with Crippen LogP contribution in [0.25, 0.3) is 0 Å². The molecule has 0 saturated carbocycles. The van der Waals surface area contributed by atoms with Crippen molar-refractivity contribution in [3.05, 3.63) is 12.2 Å². The molecule has 0 heterocycles. The topological polar surface area (TPSA) is 0 Å². The van der Waals surface area contributed by atoms with Crippen LogP contribution < -0.4 is 0 Å². The Morgan fingerprint density at radius 3 is 2.60 bits per heavy atom. The largest absolute Gasteiger partial charge is 0.162 e. The minimum atomic E-state index is 1.18. The van der Waals surface area contributed by atoms with E-state index in [1.54, 1.807) is 0 Å². The average molecular weight is 158 g/mol. The molecule has 0 amide bonds. The molecule has 0 aliphatic heterocycles. The monoisotopic (exact) mass is 158 g/mol. The fourth-order valence-electron chi connectivity index (χ4n) is 0.732. The van der Waals surface area contributed by atoms with Crippen molar-refractivity contribution in [2.75, 3.05) is 11.5 Å². The highest BCUT2D eigenvalue weighted by atomic mass is 32.2. The van der Waals surface area contributed by atoms with Gasteiger partial charge in [0.05, 0.1) is 0 Å². The molecule has 0 bridgehead atoms. The summed E-state index contributed by atoms with van der Waals surface area (Å²) >= 11 is 2.03. The van der Waals surface area contributed by atoms with Crippen LogP contribution in [-0.4, -0.2) is 11.5 Å². The van der Waals surface area contributed by atoms with Gasteiger partial charge >= 0.3 is 0 Å². The summed E-state index contributed by atoms with van der Waals surface area (Å²) in [7, 11) is 0. The molecule has 60 valence electrons. The second-order valence-corrected chi connectivity index (χ2v) is 3.61. The lowest BCUT2D eigenvalue weighted by Gasteiger charge is -1.93. The van der Waals surface area contributed by atoms with Gasteiger partial charge in [0.15, 0.2) is 0 Å². The van der Waals surface area contributed by atoms with E-state index >= 15 is 0 Å². The van der Waals surface area contributed by atoms with Gasteiger partial charge in [0.1, 0.15) is 0 Å². The molecule has 0 rings (SSSR count). The molecule has 0 atom stereocenters. The summed E-state index contributed by atoms with van der Waals surface area (Å²) in [4.78, 5) is 0. The van der Waals surface area contributed by atoms with Crippen molar-refractivity contribution in [3.63, 3.8) is 0 Å². The summed E-state index contributed by atoms with van der Waals surface area (Å²) in [5.74, 6) is 2.59. The van der Waals surface area contributed by atoms with Crippen LogP contribution in [0.4, 0.5) is 0 Å². The van der Waals surface area contributed by atoms with Crippen LogP contribution >= 0.6 is 11.8 Å². The third-order valence-corrected chi connectivity index (χ3v) is 2.25. The van der Waals surface area contributed by atoms with E-state index in [2.05, 4.69) is 26.0 Å². The first-order valence-electron chi connectivity index (χ1n) is 4.14. The summed E-state index contributed by atoms with van der Waals surface area (Å²) in [6, 6.07) is 0. The minimum absolute atomic E-state index is 1.18. The predicted octanol–water partition coefficient (Wildman–Crippen LogP) is 3.49. The predicted molar refractivity (Wildman–Crippen MR) is 51.7 cm³/mol. The fourth-order valence-corrected chi connectivity index (χ4v) is 1.39. The molecule has 0 radical (unpaired) electrons. The van der Waals surface area contributed by atoms with Gasteiger partial charge in [-0.1, -0.05) is 26.0 Å². The molecule has 0 aromatic heterocycles. The zero-order valence-electron chi connectivity index (χ0n) is 7.10. The van der Waals surface area contributed by atoms with Gasteiger partial charge in [0.25, 0.3) is 0 Å². The molecule has 10 heavy (non-hydrogen) atoms. The Hall–Kier alpha value is 0.0900. The van der Waals surface area contributed by atoms with Crippen LogP contribution in [-0.2, 0) is 0 Å². The third kappa shape index (κ3) is 8.09. The van der Waals surface area contributed by atoms with Crippen LogP contribution in [0.15, 0.2) is 12.2 Å². The van der Waals surface area contributed by atoms with E-state index in [0.717, 1.165) is 0 Å². The summed E-state index contributed by atoms with van der Waals surface area (Å²) in [6.07, 6.45) is 8.32. The summed E-state index contributed by atoms with van der Waals surface area (Å²) < 4.78 is 0. The SMILES string of the molecule is CC/C=C/CCCSCC. The minimum Gasteiger partial charge on any atom is -0.162 e. The van der Waals surface area contributed by atoms with Gasteiger partial charge in [-0.05, 0) is 30.8 Å². The van der Waals surface area contributed by atoms with Crippen LogP contribution in [0, 0.1) is 0 Å². The fraction of sp³-hybridized carbons (Fsp3) is 0.778. The maximum Gasteiger partial charge on any atom is -0.00647 e. The third-order valence-electron chi connectivity index (χ3n) is 1.27. The van der Waals surface area contributed by atoms with Gasteiger partial charge < -0.3 is 0 Å². The van der Waals surface area contributed by atoms with E-state index in [1.165, 1.54) is 30.8 Å². The van der Waals surface area contributed by atoms with Crippen molar-refractivity contribution in [2.24, 2.45) is 0 Å². The molecule has 0 N–H and O–H groups in total. The van der Waals surface area contributed by atoms with E-state index in [9.17, 15) is 0 Å². The smallest absolute Gasteiger partial charge is 0.00647 e. The molecule has 0 aliphatic carbocycles. The Morgan fingerprint density at radius 1 is 1.20 bits per heavy atom. The van der Waals surface area contributed by atoms with Gasteiger partial charge in [-0.2, -0.15) is 11.8 Å². The van der Waals surface area contributed by atoms with E-state index in [1.807, 2.05) is 11.8 Å². The van der Waals surface area contributed by atoms with E-state index in [-0.39, 0.29) is 0 Å². The standard InChI is InChI=1S/C9H18S/c1-3-5-6-7-8-9-10-4-2/h5-6H,3-4,7-9H2,1-2H3/b6-5+. The Bertz CT molecular complexity index is 76.8. The summed E-state index contributed by atoms with van der Waals surface area (Å²) in [5, 5.41) is 0. The molecule has 0 nitrogen and oxygen atoms in total. The molecule has 0 spiro atoms. The molecule has 0 aromatic carbocycles. The van der Waals surface area contributed by atoms with E-state index in [0.29, 0.717) is 0 Å². The van der Waals surface area contributed by atoms with Crippen LogP contribution in [0.1, 0.15) is 33.1 Å². The Morgan fingerprint density at radius 2 is 2.00 bits per heavy atom. The number of rotatable bonds is 6. The molecular formula is C9H18S. The zero-order chi connectivity index (χ0) is 7.66. The lowest BCUT2D eigenvalue weighted by Crippen LogP contribution is -1.77. The molecule has 0 saturated heterocycles. The highest BCUT2D eigenvalue weighted by Gasteiger charge is 1.82. The number of allylic oxidation sites excluding steroid dienone is 2. The maximum absolute atomic E-state index is 2.29. The number of thioether (sulfide) groups is 1. The van der Waals surface area contributed by atoms with E-state index < -0.39 is 0 Å². The Kier molecular flexibility index (Phi) is 9.17. The molecule has 0 unspecified atom stereocenters. The Labute approximate surface area is 69.1 Å². The highest BCUT2D eigenvalue weighted by Crippen LogP contribution is 2.03. The van der Waals surface area contributed by atoms with Gasteiger partial charge in [0.2, 0.25) is 0 Å². The second-order valence-electron chi connectivity index (χ2n) is 2.22. The van der Waals surface area contributed by atoms with Gasteiger partial charge in [-0.15, -0.1) is 0 Å². The lowest BCUT2D eigenvalue weighted by atomic mass is 10.3. The number of hydrogen-bond acceptors (Lipinski definition) is 1. The first-order chi connectivity index (χ1) is 4.91. The molecule has 0 aliphatic rings. The molecule has 0 aromatic rings. The van der Waals surface area contributed by atoms with Crippen molar-refractivity contribution in [1.82, 2.24) is 0 Å². The van der Waals surface area contributed by atoms with E-state index in [4.69, 9.17) is 0 Å². The van der Waals surface area contributed by atoms with Crippen molar-refractivity contribution in [1.29, 1.82) is 0 Å². The van der Waals surface area contributed by atoms with Crippen LogP contribution in [0.2, 0.25) is 0 Å².